The van der Waals surface area contributed by atoms with Gasteiger partial charge in [0.1, 0.15) is 11.5 Å². The van der Waals surface area contributed by atoms with Crippen molar-refractivity contribution in [3.63, 3.8) is 0 Å². The molecule has 0 aliphatic heterocycles. The molecule has 119 valence electrons. The molecule has 3 rings (SSSR count). The molecule has 0 unspecified atom stereocenters. The summed E-state index contributed by atoms with van der Waals surface area (Å²) in [4.78, 5) is 16.7. The van der Waals surface area contributed by atoms with Gasteiger partial charge < -0.3 is 11.1 Å². The summed E-state index contributed by atoms with van der Waals surface area (Å²) in [5.41, 5.74) is 7.15. The maximum atomic E-state index is 12.3. The average molecular weight is 311 g/mol. The first-order chi connectivity index (χ1) is 11.0. The maximum absolute atomic E-state index is 12.3. The Morgan fingerprint density at radius 1 is 1.17 bits per heavy atom. The zero-order valence-electron chi connectivity index (χ0n) is 12.7. The van der Waals surface area contributed by atoms with E-state index in [1.54, 1.807) is 30.3 Å². The van der Waals surface area contributed by atoms with Gasteiger partial charge in [-0.3, -0.25) is 10.2 Å². The van der Waals surface area contributed by atoms with Gasteiger partial charge in [-0.15, -0.1) is 0 Å². The van der Waals surface area contributed by atoms with Crippen molar-refractivity contribution in [2.75, 3.05) is 0 Å². The lowest BCUT2D eigenvalue weighted by molar-refractivity contribution is 0.0467. The number of rotatable bonds is 3. The van der Waals surface area contributed by atoms with Gasteiger partial charge in [0.05, 0.1) is 11.6 Å². The number of pyridine rings is 1. The predicted octanol–water partition coefficient (Wildman–Crippen LogP) is 1.99. The van der Waals surface area contributed by atoms with Crippen molar-refractivity contribution in [2.45, 2.75) is 37.8 Å². The number of aromatic nitrogens is 1. The summed E-state index contributed by atoms with van der Waals surface area (Å²) in [6.45, 7) is 0. The quantitative estimate of drug-likeness (QED) is 0.595. The number of fused-ring (bicyclic) bond motifs is 1. The molecule has 23 heavy (non-hydrogen) atoms. The van der Waals surface area contributed by atoms with Crippen LogP contribution in [0.5, 0.6) is 0 Å². The number of nitrogens with one attached hydrogen (secondary N) is 2. The zero-order valence-corrected chi connectivity index (χ0v) is 12.7. The first kappa shape index (κ1) is 15.4. The third-order valence-electron chi connectivity index (χ3n) is 4.24. The average Bonchev–Trinajstić information content (AvgIpc) is 2.55. The number of amides is 1. The Morgan fingerprint density at radius 2 is 1.91 bits per heavy atom. The van der Waals surface area contributed by atoms with Crippen LogP contribution in [0.25, 0.3) is 10.9 Å². The van der Waals surface area contributed by atoms with E-state index < -0.39 is 6.10 Å². The number of hydrogen-bond acceptors (Lipinski definition) is 3. The lowest BCUT2D eigenvalue weighted by Gasteiger charge is -2.25. The van der Waals surface area contributed by atoms with Gasteiger partial charge in [-0.05, 0) is 49.9 Å². The van der Waals surface area contributed by atoms with Gasteiger partial charge in [0.2, 0.25) is 0 Å². The third-order valence-corrected chi connectivity index (χ3v) is 4.24. The van der Waals surface area contributed by atoms with Crippen LogP contribution in [0.1, 0.15) is 41.7 Å². The molecule has 1 aliphatic rings. The van der Waals surface area contributed by atoms with E-state index in [9.17, 15) is 9.90 Å². The first-order valence-electron chi connectivity index (χ1n) is 7.75. The Bertz CT molecular complexity index is 751. The lowest BCUT2D eigenvalue weighted by atomic mass is 9.93. The molecule has 0 atom stereocenters. The van der Waals surface area contributed by atoms with Crippen molar-refractivity contribution < 1.29 is 9.90 Å². The summed E-state index contributed by atoms with van der Waals surface area (Å²) in [6, 6.07) is 8.78. The SMILES string of the molecule is N=C(N)c1ccc2nc(C(=O)NC3CCC([O])CC3)ccc2c1. The Labute approximate surface area is 134 Å². The molecule has 1 heterocycles. The van der Waals surface area contributed by atoms with E-state index in [1.165, 1.54) is 0 Å². The van der Waals surface area contributed by atoms with Crippen molar-refractivity contribution in [2.24, 2.45) is 5.73 Å². The van der Waals surface area contributed by atoms with Crippen LogP contribution in [-0.2, 0) is 5.11 Å². The molecule has 6 heteroatoms. The van der Waals surface area contributed by atoms with Crippen molar-refractivity contribution in [3.8, 4) is 0 Å². The minimum absolute atomic E-state index is 0.00250. The number of amidine groups is 1. The summed E-state index contributed by atoms with van der Waals surface area (Å²) in [5, 5.41) is 22.6. The van der Waals surface area contributed by atoms with Crippen LogP contribution in [-0.4, -0.2) is 28.9 Å². The molecule has 6 nitrogen and oxygen atoms in total. The molecule has 1 amide bonds. The standard InChI is InChI=1S/C17H19N4O2/c18-16(19)11-2-7-14-10(9-11)1-8-15(21-14)17(23)20-12-3-5-13(22)6-4-12/h1-2,7-9,12-13H,3-6H2,(H3,18,19)(H,20,23). The van der Waals surface area contributed by atoms with Crippen molar-refractivity contribution in [3.05, 3.63) is 41.6 Å². The molecule has 1 fully saturated rings. The number of nitrogens with two attached hydrogens (primary N) is 1. The molecule has 0 bridgehead atoms. The maximum Gasteiger partial charge on any atom is 0.270 e. The van der Waals surface area contributed by atoms with Gasteiger partial charge >= 0.3 is 0 Å². The van der Waals surface area contributed by atoms with E-state index in [0.29, 0.717) is 29.6 Å². The fourth-order valence-corrected chi connectivity index (χ4v) is 2.89. The summed E-state index contributed by atoms with van der Waals surface area (Å²) in [6.07, 6.45) is 2.20. The highest BCUT2D eigenvalue weighted by Crippen LogP contribution is 2.19. The number of benzene rings is 1. The lowest BCUT2D eigenvalue weighted by Crippen LogP contribution is -2.38. The molecule has 1 aliphatic carbocycles. The molecule has 1 aromatic carbocycles. The molecule has 1 saturated carbocycles. The van der Waals surface area contributed by atoms with Gasteiger partial charge in [0.15, 0.2) is 0 Å². The number of hydrogen-bond donors (Lipinski definition) is 3. The van der Waals surface area contributed by atoms with Crippen LogP contribution >= 0.6 is 0 Å². The Kier molecular flexibility index (Phi) is 4.25. The Hall–Kier alpha value is -2.47. The van der Waals surface area contributed by atoms with E-state index >= 15 is 0 Å². The number of carbonyl (C=O) groups excluding carboxylic acids is 1. The van der Waals surface area contributed by atoms with E-state index in [-0.39, 0.29) is 17.8 Å². The van der Waals surface area contributed by atoms with Gasteiger partial charge in [-0.1, -0.05) is 6.07 Å². The molecular weight excluding hydrogens is 292 g/mol. The second-order valence-electron chi connectivity index (χ2n) is 5.96. The second kappa shape index (κ2) is 6.34. The van der Waals surface area contributed by atoms with E-state index in [0.717, 1.165) is 18.2 Å². The molecule has 1 radical (unpaired) electrons. The van der Waals surface area contributed by atoms with Gasteiger partial charge in [0.25, 0.3) is 5.91 Å². The number of nitrogen functional groups attached to an aromatic ring is 1. The van der Waals surface area contributed by atoms with Crippen LogP contribution in [0.4, 0.5) is 0 Å². The monoisotopic (exact) mass is 311 g/mol. The summed E-state index contributed by atoms with van der Waals surface area (Å²) in [7, 11) is 0. The van der Waals surface area contributed by atoms with Crippen molar-refractivity contribution >= 4 is 22.6 Å². The van der Waals surface area contributed by atoms with E-state index in [4.69, 9.17) is 11.1 Å². The van der Waals surface area contributed by atoms with Crippen LogP contribution in [0.3, 0.4) is 0 Å². The van der Waals surface area contributed by atoms with Crippen LogP contribution < -0.4 is 11.1 Å². The van der Waals surface area contributed by atoms with Crippen LogP contribution in [0.2, 0.25) is 0 Å². The second-order valence-corrected chi connectivity index (χ2v) is 5.96. The fourth-order valence-electron chi connectivity index (χ4n) is 2.89. The molecule has 1 aromatic heterocycles. The van der Waals surface area contributed by atoms with Gasteiger partial charge in [0, 0.05) is 17.0 Å². The predicted molar refractivity (Wildman–Crippen MR) is 87.0 cm³/mol. The van der Waals surface area contributed by atoms with Crippen molar-refractivity contribution in [1.82, 2.24) is 10.3 Å². The molecule has 4 N–H and O–H groups in total. The summed E-state index contributed by atoms with van der Waals surface area (Å²) >= 11 is 0. The Morgan fingerprint density at radius 3 is 2.61 bits per heavy atom. The summed E-state index contributed by atoms with van der Waals surface area (Å²) < 4.78 is 0. The van der Waals surface area contributed by atoms with Gasteiger partial charge in [-0.2, -0.15) is 0 Å². The van der Waals surface area contributed by atoms with E-state index in [2.05, 4.69) is 10.3 Å². The number of nitrogens with zero attached hydrogens (tertiary/aromatic N) is 1. The molecule has 2 aromatic rings. The highest BCUT2D eigenvalue weighted by atomic mass is 16.3. The summed E-state index contributed by atoms with van der Waals surface area (Å²) in [5.74, 6) is -0.209. The van der Waals surface area contributed by atoms with Gasteiger partial charge in [-0.25, -0.2) is 10.1 Å². The van der Waals surface area contributed by atoms with E-state index in [1.807, 2.05) is 0 Å². The molecule has 0 spiro atoms. The van der Waals surface area contributed by atoms with Crippen LogP contribution in [0.15, 0.2) is 30.3 Å². The first-order valence-corrected chi connectivity index (χ1v) is 7.75. The topological polar surface area (TPSA) is 112 Å². The minimum atomic E-state index is -0.489. The largest absolute Gasteiger partial charge is 0.384 e. The molecular formula is C17H19N4O2. The third kappa shape index (κ3) is 3.48. The smallest absolute Gasteiger partial charge is 0.270 e. The van der Waals surface area contributed by atoms with Crippen LogP contribution in [0, 0.1) is 5.41 Å². The number of carbonyl (C=O) groups is 1. The normalized spacial score (nSPS) is 21.1. The highest BCUT2D eigenvalue weighted by Gasteiger charge is 2.22. The van der Waals surface area contributed by atoms with Crippen molar-refractivity contribution in [1.29, 1.82) is 5.41 Å². The minimum Gasteiger partial charge on any atom is -0.384 e. The highest BCUT2D eigenvalue weighted by molar-refractivity contribution is 5.99. The zero-order chi connectivity index (χ0) is 16.4. The fraction of sp³-hybridized carbons (Fsp3) is 0.353. The Balaban J connectivity index is 1.76. The molecule has 0 saturated heterocycles.